The highest BCUT2D eigenvalue weighted by atomic mass is 16.1. The quantitative estimate of drug-likeness (QED) is 0.503. The highest BCUT2D eigenvalue weighted by Crippen LogP contribution is 2.28. The van der Waals surface area contributed by atoms with Crippen LogP contribution in [0.1, 0.15) is 31.8 Å². The Balaban J connectivity index is 0.000000220. The van der Waals surface area contributed by atoms with Gasteiger partial charge in [-0.25, -0.2) is 0 Å². The van der Waals surface area contributed by atoms with Crippen LogP contribution >= 0.6 is 0 Å². The Morgan fingerprint density at radius 1 is 0.522 bits per heavy atom. The number of hydrogen-bond acceptors (Lipinski definition) is 3. The van der Waals surface area contributed by atoms with Crippen molar-refractivity contribution in [2.45, 2.75) is 0 Å². The molecule has 0 radical (unpaired) electrons. The standard InChI is InChI=1S/C14H9NO2.C6H6/c15-8-5-6-11-12(7-8)14(17)10-4-2-1-3-9(10)13(11)16;1-2-4-6-5-3-1/h1-7H,15H2;1-6H. The molecule has 3 nitrogen and oxygen atoms in total. The highest BCUT2D eigenvalue weighted by Gasteiger charge is 2.28. The summed E-state index contributed by atoms with van der Waals surface area (Å²) in [5.74, 6) is -0.252. The number of fused-ring (bicyclic) bond motifs is 2. The first-order chi connectivity index (χ1) is 11.2. The van der Waals surface area contributed by atoms with E-state index in [2.05, 4.69) is 0 Å². The van der Waals surface area contributed by atoms with E-state index in [1.54, 1.807) is 42.5 Å². The van der Waals surface area contributed by atoms with E-state index in [-0.39, 0.29) is 11.6 Å². The molecule has 3 heteroatoms. The van der Waals surface area contributed by atoms with Crippen molar-refractivity contribution < 1.29 is 9.59 Å². The van der Waals surface area contributed by atoms with E-state index >= 15 is 0 Å². The minimum Gasteiger partial charge on any atom is -0.399 e. The molecule has 0 atom stereocenters. The first kappa shape index (κ1) is 14.7. The summed E-state index contributed by atoms with van der Waals surface area (Å²) >= 11 is 0. The van der Waals surface area contributed by atoms with Crippen molar-refractivity contribution >= 4 is 17.3 Å². The predicted octanol–water partition coefficient (Wildman–Crippen LogP) is 3.73. The summed E-state index contributed by atoms with van der Waals surface area (Å²) < 4.78 is 0. The van der Waals surface area contributed by atoms with Crippen LogP contribution in [0.3, 0.4) is 0 Å². The van der Waals surface area contributed by atoms with Crippen LogP contribution in [0.2, 0.25) is 0 Å². The molecule has 0 amide bonds. The molecule has 0 aliphatic heterocycles. The lowest BCUT2D eigenvalue weighted by Crippen LogP contribution is -2.20. The molecule has 3 aromatic rings. The lowest BCUT2D eigenvalue weighted by Gasteiger charge is -2.17. The molecule has 0 unspecified atom stereocenters. The van der Waals surface area contributed by atoms with Crippen molar-refractivity contribution in [1.29, 1.82) is 0 Å². The SMILES string of the molecule is Nc1ccc2c(c1)C(=O)c1ccccc1C2=O.c1ccccc1. The van der Waals surface area contributed by atoms with E-state index in [4.69, 9.17) is 5.73 Å². The van der Waals surface area contributed by atoms with Gasteiger partial charge in [0.05, 0.1) is 0 Å². The monoisotopic (exact) mass is 301 g/mol. The summed E-state index contributed by atoms with van der Waals surface area (Å²) in [6.45, 7) is 0. The minimum atomic E-state index is -0.137. The molecule has 1 aliphatic rings. The Bertz CT molecular complexity index is 843. The maximum Gasteiger partial charge on any atom is 0.194 e. The molecule has 0 fully saturated rings. The topological polar surface area (TPSA) is 60.2 Å². The molecule has 2 N–H and O–H groups in total. The predicted molar refractivity (Wildman–Crippen MR) is 90.6 cm³/mol. The van der Waals surface area contributed by atoms with Crippen LogP contribution in [0.4, 0.5) is 5.69 Å². The van der Waals surface area contributed by atoms with Gasteiger partial charge in [-0.2, -0.15) is 0 Å². The van der Waals surface area contributed by atoms with E-state index in [1.807, 2.05) is 36.4 Å². The van der Waals surface area contributed by atoms with Crippen molar-refractivity contribution in [1.82, 2.24) is 0 Å². The maximum absolute atomic E-state index is 12.2. The van der Waals surface area contributed by atoms with E-state index in [9.17, 15) is 9.59 Å². The van der Waals surface area contributed by atoms with Crippen LogP contribution in [0.15, 0.2) is 78.9 Å². The Morgan fingerprint density at radius 3 is 1.48 bits per heavy atom. The number of ketones is 2. The summed E-state index contributed by atoms with van der Waals surface area (Å²) in [7, 11) is 0. The first-order valence-electron chi connectivity index (χ1n) is 7.26. The van der Waals surface area contributed by atoms with Crippen molar-refractivity contribution in [3.05, 3.63) is 101 Å². The number of nitrogen functional groups attached to an aromatic ring is 1. The first-order valence-corrected chi connectivity index (χ1v) is 7.26. The van der Waals surface area contributed by atoms with E-state index < -0.39 is 0 Å². The van der Waals surface area contributed by atoms with Gasteiger partial charge in [0.25, 0.3) is 0 Å². The largest absolute Gasteiger partial charge is 0.399 e. The average molecular weight is 301 g/mol. The number of carbonyl (C=O) groups excluding carboxylic acids is 2. The third-order valence-electron chi connectivity index (χ3n) is 3.62. The van der Waals surface area contributed by atoms with Crippen molar-refractivity contribution in [2.24, 2.45) is 0 Å². The molecule has 0 aromatic heterocycles. The molecule has 4 rings (SSSR count). The average Bonchev–Trinajstić information content (AvgIpc) is 2.62. The van der Waals surface area contributed by atoms with Gasteiger partial charge in [-0.15, -0.1) is 0 Å². The summed E-state index contributed by atoms with van der Waals surface area (Å²) in [4.78, 5) is 24.4. The van der Waals surface area contributed by atoms with Crippen LogP contribution in [0, 0.1) is 0 Å². The van der Waals surface area contributed by atoms with E-state index in [1.165, 1.54) is 0 Å². The van der Waals surface area contributed by atoms with Gasteiger partial charge < -0.3 is 5.73 Å². The molecule has 0 spiro atoms. The number of nitrogens with two attached hydrogens (primary N) is 1. The second-order valence-electron chi connectivity index (χ2n) is 5.16. The molecule has 0 bridgehead atoms. The van der Waals surface area contributed by atoms with Crippen molar-refractivity contribution in [2.75, 3.05) is 5.73 Å². The van der Waals surface area contributed by atoms with Gasteiger partial charge in [-0.05, 0) is 18.2 Å². The summed E-state index contributed by atoms with van der Waals surface area (Å²) in [6.07, 6.45) is 0. The fourth-order valence-electron chi connectivity index (χ4n) is 2.50. The Morgan fingerprint density at radius 2 is 0.957 bits per heavy atom. The molecule has 0 saturated carbocycles. The van der Waals surface area contributed by atoms with E-state index in [0.717, 1.165) is 0 Å². The number of anilines is 1. The van der Waals surface area contributed by atoms with Gasteiger partial charge in [-0.3, -0.25) is 9.59 Å². The lowest BCUT2D eigenvalue weighted by atomic mass is 9.84. The molecule has 0 saturated heterocycles. The van der Waals surface area contributed by atoms with Gasteiger partial charge in [0.15, 0.2) is 11.6 Å². The Hall–Kier alpha value is -3.20. The van der Waals surface area contributed by atoms with Crippen LogP contribution in [0.25, 0.3) is 0 Å². The number of carbonyl (C=O) groups is 2. The van der Waals surface area contributed by atoms with Crippen LogP contribution in [-0.4, -0.2) is 11.6 Å². The molecule has 112 valence electrons. The summed E-state index contributed by atoms with van der Waals surface area (Å²) in [5, 5.41) is 0. The van der Waals surface area contributed by atoms with Gasteiger partial charge in [0.2, 0.25) is 0 Å². The zero-order valence-electron chi connectivity index (χ0n) is 12.4. The summed E-state index contributed by atoms with van der Waals surface area (Å²) in [6, 6.07) is 23.7. The van der Waals surface area contributed by atoms with Gasteiger partial charge in [0, 0.05) is 27.9 Å². The smallest absolute Gasteiger partial charge is 0.194 e. The van der Waals surface area contributed by atoms with Gasteiger partial charge >= 0.3 is 0 Å². The van der Waals surface area contributed by atoms with Crippen molar-refractivity contribution in [3.63, 3.8) is 0 Å². The fourth-order valence-corrected chi connectivity index (χ4v) is 2.50. The van der Waals surface area contributed by atoms with Crippen LogP contribution in [0.5, 0.6) is 0 Å². The second kappa shape index (κ2) is 6.28. The lowest BCUT2D eigenvalue weighted by molar-refractivity contribution is 0.0979. The number of hydrogen-bond donors (Lipinski definition) is 1. The van der Waals surface area contributed by atoms with Gasteiger partial charge in [-0.1, -0.05) is 60.7 Å². The van der Waals surface area contributed by atoms with Crippen LogP contribution in [-0.2, 0) is 0 Å². The zero-order chi connectivity index (χ0) is 16.2. The van der Waals surface area contributed by atoms with Crippen molar-refractivity contribution in [3.8, 4) is 0 Å². The molecular weight excluding hydrogens is 286 g/mol. The highest BCUT2D eigenvalue weighted by molar-refractivity contribution is 6.28. The zero-order valence-corrected chi connectivity index (χ0v) is 12.4. The maximum atomic E-state index is 12.2. The third-order valence-corrected chi connectivity index (χ3v) is 3.62. The molecular formula is C20H15NO2. The Labute approximate surface area is 134 Å². The second-order valence-corrected chi connectivity index (χ2v) is 5.16. The Kier molecular flexibility index (Phi) is 4.02. The minimum absolute atomic E-state index is 0.116. The summed E-state index contributed by atoms with van der Waals surface area (Å²) in [5.41, 5.74) is 7.89. The fraction of sp³-hybridized carbons (Fsp3) is 0. The molecule has 3 aromatic carbocycles. The van der Waals surface area contributed by atoms with Gasteiger partial charge in [0.1, 0.15) is 0 Å². The number of benzene rings is 3. The normalized spacial score (nSPS) is 11.8. The molecule has 23 heavy (non-hydrogen) atoms. The molecule has 0 heterocycles. The van der Waals surface area contributed by atoms with Crippen LogP contribution < -0.4 is 5.73 Å². The van der Waals surface area contributed by atoms with E-state index in [0.29, 0.717) is 27.9 Å². The number of rotatable bonds is 0. The third kappa shape index (κ3) is 2.90. The molecule has 1 aliphatic carbocycles.